The summed E-state index contributed by atoms with van der Waals surface area (Å²) in [6, 6.07) is 3.16. The number of aromatic nitrogens is 1. The van der Waals surface area contributed by atoms with E-state index in [0.29, 0.717) is 44.4 Å². The van der Waals surface area contributed by atoms with Crippen molar-refractivity contribution in [3.05, 3.63) is 18.3 Å². The van der Waals surface area contributed by atoms with E-state index in [4.69, 9.17) is 9.47 Å². The molecule has 0 aliphatic carbocycles. The molecule has 22 heavy (non-hydrogen) atoms. The topological polar surface area (TPSA) is 85.8 Å². The number of hydrogen-bond donors (Lipinski definition) is 0. The minimum absolute atomic E-state index is 0.160. The Morgan fingerprint density at radius 3 is 2.59 bits per heavy atom. The van der Waals surface area contributed by atoms with E-state index < -0.39 is 10.0 Å². The molecule has 120 valence electrons. The number of cyclic esters (lactones) is 1. The Hall–Kier alpha value is -1.16. The highest BCUT2D eigenvalue weighted by atomic mass is 32.2. The van der Waals surface area contributed by atoms with Gasteiger partial charge >= 0.3 is 5.97 Å². The number of carbonyl (C=O) groups excluding carboxylic acids is 1. The Bertz CT molecular complexity index is 641. The molecule has 2 aliphatic heterocycles. The molecule has 2 saturated heterocycles. The summed E-state index contributed by atoms with van der Waals surface area (Å²) < 4.78 is 36.3. The summed E-state index contributed by atoms with van der Waals surface area (Å²) in [6.07, 6.45) is 1.99. The van der Waals surface area contributed by atoms with E-state index in [1.807, 2.05) is 0 Å². The third kappa shape index (κ3) is 3.27. The number of sulfonamides is 1. The van der Waals surface area contributed by atoms with Gasteiger partial charge in [0.2, 0.25) is 10.0 Å². The zero-order valence-electron chi connectivity index (χ0n) is 11.8. The van der Waals surface area contributed by atoms with Crippen LogP contribution in [0.15, 0.2) is 28.3 Å². The van der Waals surface area contributed by atoms with E-state index in [1.165, 1.54) is 28.3 Å². The smallest absolute Gasteiger partial charge is 0.319 e. The van der Waals surface area contributed by atoms with Crippen molar-refractivity contribution in [2.45, 2.75) is 21.6 Å². The molecule has 1 aromatic rings. The molecule has 0 amide bonds. The number of pyridine rings is 1. The van der Waals surface area contributed by atoms with Crippen molar-refractivity contribution in [2.24, 2.45) is 0 Å². The maximum Gasteiger partial charge on any atom is 0.319 e. The first-order valence-electron chi connectivity index (χ1n) is 6.94. The van der Waals surface area contributed by atoms with Gasteiger partial charge in [-0.15, -0.1) is 0 Å². The van der Waals surface area contributed by atoms with Crippen LogP contribution in [0.3, 0.4) is 0 Å². The highest BCUT2D eigenvalue weighted by Crippen LogP contribution is 2.28. The van der Waals surface area contributed by atoms with Crippen LogP contribution in [-0.2, 0) is 24.3 Å². The Morgan fingerprint density at radius 1 is 1.23 bits per heavy atom. The summed E-state index contributed by atoms with van der Waals surface area (Å²) in [5.74, 6) is -0.239. The second-order valence-corrected chi connectivity index (χ2v) is 8.07. The van der Waals surface area contributed by atoms with Gasteiger partial charge in [0.05, 0.1) is 24.8 Å². The molecule has 2 aliphatic rings. The zero-order valence-corrected chi connectivity index (χ0v) is 13.4. The maximum absolute atomic E-state index is 12.4. The van der Waals surface area contributed by atoms with Crippen molar-refractivity contribution in [1.82, 2.24) is 9.29 Å². The summed E-state index contributed by atoms with van der Waals surface area (Å²) >= 11 is 1.30. The fourth-order valence-corrected chi connectivity index (χ4v) is 4.54. The molecule has 0 saturated carbocycles. The number of morpholine rings is 1. The lowest BCUT2D eigenvalue weighted by atomic mass is 10.4. The minimum atomic E-state index is -3.53. The van der Waals surface area contributed by atoms with Crippen LogP contribution in [0.5, 0.6) is 0 Å². The number of rotatable bonds is 4. The van der Waals surface area contributed by atoms with Crippen molar-refractivity contribution in [1.29, 1.82) is 0 Å². The highest BCUT2D eigenvalue weighted by Gasteiger charge is 2.29. The van der Waals surface area contributed by atoms with Gasteiger partial charge in [0.1, 0.15) is 10.1 Å². The first kappa shape index (κ1) is 15.7. The van der Waals surface area contributed by atoms with E-state index in [2.05, 4.69) is 4.98 Å². The van der Waals surface area contributed by atoms with Crippen molar-refractivity contribution in [2.75, 3.05) is 32.9 Å². The Balaban J connectivity index is 1.71. The van der Waals surface area contributed by atoms with Gasteiger partial charge < -0.3 is 9.47 Å². The lowest BCUT2D eigenvalue weighted by Gasteiger charge is -2.25. The van der Waals surface area contributed by atoms with E-state index >= 15 is 0 Å². The third-order valence-electron chi connectivity index (χ3n) is 3.47. The van der Waals surface area contributed by atoms with Gasteiger partial charge in [-0.25, -0.2) is 13.4 Å². The molecule has 3 heterocycles. The van der Waals surface area contributed by atoms with Gasteiger partial charge in [0, 0.05) is 25.7 Å². The monoisotopic (exact) mass is 344 g/mol. The summed E-state index contributed by atoms with van der Waals surface area (Å²) in [5.41, 5.74) is 0. The zero-order chi connectivity index (χ0) is 15.6. The number of hydrogen-bond acceptors (Lipinski definition) is 7. The highest BCUT2D eigenvalue weighted by molar-refractivity contribution is 8.00. The van der Waals surface area contributed by atoms with E-state index in [1.54, 1.807) is 6.07 Å². The summed E-state index contributed by atoms with van der Waals surface area (Å²) in [6.45, 7) is 1.95. The van der Waals surface area contributed by atoms with Crippen LogP contribution < -0.4 is 0 Å². The molecular weight excluding hydrogens is 328 g/mol. The largest absolute Gasteiger partial charge is 0.465 e. The Labute approximate surface area is 133 Å². The summed E-state index contributed by atoms with van der Waals surface area (Å²) in [5, 5.41) is 0.360. The van der Waals surface area contributed by atoms with Gasteiger partial charge in [-0.3, -0.25) is 4.79 Å². The fourth-order valence-electron chi connectivity index (χ4n) is 2.26. The molecule has 0 N–H and O–H groups in total. The van der Waals surface area contributed by atoms with Gasteiger partial charge in [-0.1, -0.05) is 11.8 Å². The Kier molecular flexibility index (Phi) is 4.67. The maximum atomic E-state index is 12.4. The quantitative estimate of drug-likeness (QED) is 0.736. The van der Waals surface area contributed by atoms with Crippen LogP contribution >= 0.6 is 11.8 Å². The average Bonchev–Trinajstić information content (AvgIpc) is 2.94. The summed E-state index contributed by atoms with van der Waals surface area (Å²) in [4.78, 5) is 15.7. The van der Waals surface area contributed by atoms with Crippen LogP contribution in [0.1, 0.15) is 6.42 Å². The molecule has 0 spiro atoms. The lowest BCUT2D eigenvalue weighted by molar-refractivity contribution is -0.137. The van der Waals surface area contributed by atoms with Gasteiger partial charge in [-0.2, -0.15) is 4.31 Å². The predicted octanol–water partition coefficient (Wildman–Crippen LogP) is 0.510. The molecule has 1 aromatic heterocycles. The number of nitrogens with zero attached hydrogens (tertiary/aromatic N) is 2. The van der Waals surface area contributed by atoms with Crippen molar-refractivity contribution in [3.8, 4) is 0 Å². The molecule has 7 nitrogen and oxygen atoms in total. The van der Waals surface area contributed by atoms with Crippen LogP contribution in [0, 0.1) is 0 Å². The standard InChI is InChI=1S/C13H16N2O5S2/c16-13-11(3-6-20-13)21-12-2-1-10(9-14-12)22(17,18)15-4-7-19-8-5-15/h1-2,9,11H,3-8H2/t11-/m1/s1. The minimum Gasteiger partial charge on any atom is -0.465 e. The van der Waals surface area contributed by atoms with E-state index in [9.17, 15) is 13.2 Å². The second-order valence-electron chi connectivity index (χ2n) is 4.91. The molecule has 1 atom stereocenters. The second kappa shape index (κ2) is 6.53. The lowest BCUT2D eigenvalue weighted by Crippen LogP contribution is -2.40. The predicted molar refractivity (Wildman–Crippen MR) is 79.0 cm³/mol. The molecule has 2 fully saturated rings. The SMILES string of the molecule is O=C1OCC[C@H]1Sc1ccc(S(=O)(=O)N2CCOCC2)cn1. The van der Waals surface area contributed by atoms with Crippen molar-refractivity contribution < 1.29 is 22.7 Å². The molecule has 0 aromatic carbocycles. The van der Waals surface area contributed by atoms with Gasteiger partial charge in [0.15, 0.2) is 0 Å². The fraction of sp³-hybridized carbons (Fsp3) is 0.538. The van der Waals surface area contributed by atoms with Gasteiger partial charge in [0.25, 0.3) is 0 Å². The van der Waals surface area contributed by atoms with Crippen molar-refractivity contribution in [3.63, 3.8) is 0 Å². The number of carbonyl (C=O) groups is 1. The molecule has 9 heteroatoms. The molecule has 0 bridgehead atoms. The van der Waals surface area contributed by atoms with Crippen molar-refractivity contribution >= 4 is 27.8 Å². The van der Waals surface area contributed by atoms with Crippen LogP contribution in [0.25, 0.3) is 0 Å². The van der Waals surface area contributed by atoms with E-state index in [0.717, 1.165) is 0 Å². The Morgan fingerprint density at radius 2 is 2.00 bits per heavy atom. The summed E-state index contributed by atoms with van der Waals surface area (Å²) in [7, 11) is -3.53. The van der Waals surface area contributed by atoms with Gasteiger partial charge in [-0.05, 0) is 12.1 Å². The van der Waals surface area contributed by atoms with Crippen LogP contribution in [0.4, 0.5) is 0 Å². The van der Waals surface area contributed by atoms with Crippen LogP contribution in [-0.4, -0.2) is 61.8 Å². The number of ether oxygens (including phenoxy) is 2. The third-order valence-corrected chi connectivity index (χ3v) is 6.55. The molecule has 0 radical (unpaired) electrons. The first-order valence-corrected chi connectivity index (χ1v) is 9.26. The average molecular weight is 344 g/mol. The molecule has 0 unspecified atom stereocenters. The first-order chi connectivity index (χ1) is 10.6. The molecule has 3 rings (SSSR count). The number of esters is 1. The molecular formula is C13H16N2O5S2. The number of thioether (sulfide) groups is 1. The van der Waals surface area contributed by atoms with E-state index in [-0.39, 0.29) is 16.1 Å². The normalized spacial score (nSPS) is 23.5. The van der Waals surface area contributed by atoms with Crippen LogP contribution in [0.2, 0.25) is 0 Å².